The normalized spacial score (nSPS) is 15.7. The Labute approximate surface area is 227 Å². The molecule has 1 saturated heterocycles. The van der Waals surface area contributed by atoms with E-state index < -0.39 is 12.1 Å². The Morgan fingerprint density at radius 3 is 2.59 bits per heavy atom. The monoisotopic (exact) mass is 570 g/mol. The van der Waals surface area contributed by atoms with Crippen molar-refractivity contribution in [3.8, 4) is 0 Å². The zero-order chi connectivity index (χ0) is 28.7. The van der Waals surface area contributed by atoms with Gasteiger partial charge in [0.1, 0.15) is 18.2 Å². The van der Waals surface area contributed by atoms with Crippen LogP contribution in [-0.4, -0.2) is 101 Å². The summed E-state index contributed by atoms with van der Waals surface area (Å²) in [5.41, 5.74) is 2.59. The van der Waals surface area contributed by atoms with Gasteiger partial charge in [-0.3, -0.25) is 9.89 Å². The van der Waals surface area contributed by atoms with Gasteiger partial charge in [-0.05, 0) is 38.7 Å². The molecule has 1 amide bonds. The quantitative estimate of drug-likeness (QED) is 0.392. The van der Waals surface area contributed by atoms with Crippen LogP contribution in [-0.2, 0) is 16.0 Å². The molecule has 15 heteroatoms. The molecule has 0 aliphatic carbocycles. The number of hydrogen-bond acceptors (Lipinski definition) is 8. The number of aliphatic carboxylic acids is 1. The van der Waals surface area contributed by atoms with Gasteiger partial charge >= 0.3 is 12.1 Å². The average molecular weight is 571 g/mol. The number of H-pyrrole nitrogens is 1. The molecule has 0 bridgehead atoms. The SMILES string of the molecule is CCc1[nH]nc2ncnc(N3CCN(c4cccc(Cl)c4)C(C(=O)NCCN(C)C)C3)c12.O=C(O)C(F)(F)F. The van der Waals surface area contributed by atoms with E-state index in [-0.39, 0.29) is 11.9 Å². The largest absolute Gasteiger partial charge is 0.490 e. The maximum atomic E-state index is 13.3. The highest BCUT2D eigenvalue weighted by atomic mass is 35.5. The summed E-state index contributed by atoms with van der Waals surface area (Å²) in [6, 6.07) is 7.28. The Hall–Kier alpha value is -3.65. The van der Waals surface area contributed by atoms with Gasteiger partial charge in [0.05, 0.1) is 5.39 Å². The zero-order valence-corrected chi connectivity index (χ0v) is 22.4. The Morgan fingerprint density at radius 1 is 1.26 bits per heavy atom. The van der Waals surface area contributed by atoms with Crippen LogP contribution >= 0.6 is 11.6 Å². The molecular weight excluding hydrogens is 541 g/mol. The van der Waals surface area contributed by atoms with Crippen LogP contribution in [0, 0.1) is 0 Å². The van der Waals surface area contributed by atoms with Gasteiger partial charge in [-0.15, -0.1) is 0 Å². The van der Waals surface area contributed by atoms with Crippen molar-refractivity contribution in [1.82, 2.24) is 30.4 Å². The van der Waals surface area contributed by atoms with Gasteiger partial charge < -0.3 is 25.1 Å². The number of hydrogen-bond donors (Lipinski definition) is 3. The standard InChI is InChI=1S/C22H29ClN8O.C2HF3O2/c1-4-17-19-20(28-27-17)25-14-26-21(19)30-10-11-31(16-7-5-6-15(23)12-16)18(13-30)22(32)24-8-9-29(2)3;3-2(4,5)1(6)7/h5-7,12,14,18H,4,8-11,13H2,1-3H3,(H,24,32)(H,25,26,27,28);(H,6,7). The van der Waals surface area contributed by atoms with Crippen molar-refractivity contribution in [1.29, 1.82) is 0 Å². The summed E-state index contributed by atoms with van der Waals surface area (Å²) in [6.07, 6.45) is -2.75. The minimum atomic E-state index is -5.08. The third-order valence-corrected chi connectivity index (χ3v) is 6.22. The molecule has 212 valence electrons. The molecule has 3 heterocycles. The van der Waals surface area contributed by atoms with E-state index in [9.17, 15) is 18.0 Å². The number of likely N-dealkylation sites (N-methyl/N-ethyl adjacent to an activating group) is 1. The fourth-order valence-electron chi connectivity index (χ4n) is 4.08. The Morgan fingerprint density at radius 2 is 1.97 bits per heavy atom. The first-order valence-corrected chi connectivity index (χ1v) is 12.5. The van der Waals surface area contributed by atoms with Crippen LogP contribution in [0.15, 0.2) is 30.6 Å². The van der Waals surface area contributed by atoms with Gasteiger partial charge in [-0.2, -0.15) is 18.3 Å². The van der Waals surface area contributed by atoms with Crippen molar-refractivity contribution in [3.63, 3.8) is 0 Å². The van der Waals surface area contributed by atoms with Crippen LogP contribution in [0.3, 0.4) is 0 Å². The van der Waals surface area contributed by atoms with Crippen molar-refractivity contribution in [2.24, 2.45) is 0 Å². The maximum absolute atomic E-state index is 13.3. The molecule has 3 N–H and O–H groups in total. The van der Waals surface area contributed by atoms with Gasteiger partial charge in [-0.25, -0.2) is 14.8 Å². The predicted octanol–water partition coefficient (Wildman–Crippen LogP) is 2.58. The molecule has 1 aliphatic heterocycles. The molecule has 2 aromatic heterocycles. The minimum absolute atomic E-state index is 0.00951. The van der Waals surface area contributed by atoms with E-state index in [0.29, 0.717) is 36.8 Å². The number of nitrogens with one attached hydrogen (secondary N) is 2. The Bertz CT molecular complexity index is 1290. The van der Waals surface area contributed by atoms with Crippen LogP contribution < -0.4 is 15.1 Å². The maximum Gasteiger partial charge on any atom is 0.490 e. The molecule has 0 radical (unpaired) electrons. The summed E-state index contributed by atoms with van der Waals surface area (Å²) >= 11 is 6.25. The number of carboxylic acids is 1. The van der Waals surface area contributed by atoms with Gasteiger partial charge in [0.25, 0.3) is 0 Å². The molecule has 4 rings (SSSR count). The van der Waals surface area contributed by atoms with Crippen molar-refractivity contribution in [2.75, 3.05) is 56.6 Å². The zero-order valence-electron chi connectivity index (χ0n) is 21.7. The number of carboxylic acid groups (broad SMARTS) is 1. The van der Waals surface area contributed by atoms with E-state index >= 15 is 0 Å². The number of anilines is 2. The number of amides is 1. The number of piperazine rings is 1. The van der Waals surface area contributed by atoms with Gasteiger partial charge in [0, 0.05) is 49.1 Å². The molecular formula is C24H30ClF3N8O3. The molecule has 0 saturated carbocycles. The van der Waals surface area contributed by atoms with Gasteiger partial charge in [0.2, 0.25) is 5.91 Å². The van der Waals surface area contributed by atoms with E-state index in [0.717, 1.165) is 35.6 Å². The molecule has 1 unspecified atom stereocenters. The summed E-state index contributed by atoms with van der Waals surface area (Å²) in [6.45, 7) is 5.32. The van der Waals surface area contributed by atoms with Crippen LogP contribution in [0.1, 0.15) is 12.6 Å². The Kier molecular flexibility index (Phi) is 9.92. The number of benzene rings is 1. The van der Waals surface area contributed by atoms with E-state index in [2.05, 4.69) is 42.2 Å². The summed E-state index contributed by atoms with van der Waals surface area (Å²) in [5, 5.41) is 19.2. The number of halogens is 4. The smallest absolute Gasteiger partial charge is 0.475 e. The molecule has 3 aromatic rings. The lowest BCUT2D eigenvalue weighted by atomic mass is 10.1. The summed E-state index contributed by atoms with van der Waals surface area (Å²) in [4.78, 5) is 37.4. The van der Waals surface area contributed by atoms with E-state index in [1.165, 1.54) is 6.33 Å². The van der Waals surface area contributed by atoms with Crippen molar-refractivity contribution in [3.05, 3.63) is 41.3 Å². The number of nitrogens with zero attached hydrogens (tertiary/aromatic N) is 6. The molecule has 1 atom stereocenters. The van der Waals surface area contributed by atoms with Crippen LogP contribution in [0.5, 0.6) is 0 Å². The third kappa shape index (κ3) is 7.69. The second-order valence-electron chi connectivity index (χ2n) is 8.98. The lowest BCUT2D eigenvalue weighted by molar-refractivity contribution is -0.192. The number of alkyl halides is 3. The lowest BCUT2D eigenvalue weighted by Gasteiger charge is -2.42. The first-order chi connectivity index (χ1) is 18.4. The van der Waals surface area contributed by atoms with Crippen LogP contribution in [0.2, 0.25) is 5.02 Å². The topological polar surface area (TPSA) is 131 Å². The highest BCUT2D eigenvalue weighted by molar-refractivity contribution is 6.30. The number of rotatable bonds is 7. The minimum Gasteiger partial charge on any atom is -0.475 e. The predicted molar refractivity (Wildman–Crippen MR) is 141 cm³/mol. The molecule has 39 heavy (non-hydrogen) atoms. The summed E-state index contributed by atoms with van der Waals surface area (Å²) in [7, 11) is 3.98. The van der Waals surface area contributed by atoms with Gasteiger partial charge in [-0.1, -0.05) is 24.6 Å². The van der Waals surface area contributed by atoms with Gasteiger partial charge in [0.15, 0.2) is 5.65 Å². The number of aryl methyl sites for hydroxylation is 1. The van der Waals surface area contributed by atoms with Crippen molar-refractivity contribution >= 4 is 46.0 Å². The molecule has 1 aromatic carbocycles. The first-order valence-electron chi connectivity index (χ1n) is 12.1. The number of carbonyl (C=O) groups excluding carboxylic acids is 1. The molecule has 0 spiro atoms. The van der Waals surface area contributed by atoms with E-state index in [1.54, 1.807) is 0 Å². The second-order valence-corrected chi connectivity index (χ2v) is 9.42. The summed E-state index contributed by atoms with van der Waals surface area (Å²) < 4.78 is 31.7. The number of aromatic amines is 1. The van der Waals surface area contributed by atoms with Crippen LogP contribution in [0.4, 0.5) is 24.7 Å². The summed E-state index contributed by atoms with van der Waals surface area (Å²) in [5.74, 6) is -1.95. The second kappa shape index (κ2) is 12.9. The highest BCUT2D eigenvalue weighted by Gasteiger charge is 2.38. The molecule has 11 nitrogen and oxygen atoms in total. The number of aromatic nitrogens is 4. The molecule has 1 fully saturated rings. The number of carbonyl (C=O) groups is 2. The number of fused-ring (bicyclic) bond motifs is 1. The third-order valence-electron chi connectivity index (χ3n) is 5.98. The van der Waals surface area contributed by atoms with Crippen molar-refractivity contribution in [2.45, 2.75) is 25.6 Å². The average Bonchev–Trinajstić information content (AvgIpc) is 3.31. The van der Waals surface area contributed by atoms with Crippen LogP contribution in [0.25, 0.3) is 11.0 Å². The first kappa shape index (κ1) is 29.9. The van der Waals surface area contributed by atoms with E-state index in [1.807, 2.05) is 43.3 Å². The fraction of sp³-hybridized carbons (Fsp3) is 0.458. The molecule has 1 aliphatic rings. The fourth-order valence-corrected chi connectivity index (χ4v) is 4.26. The van der Waals surface area contributed by atoms with E-state index in [4.69, 9.17) is 21.5 Å². The lowest BCUT2D eigenvalue weighted by Crippen LogP contribution is -2.60. The Balaban J connectivity index is 0.000000532. The highest BCUT2D eigenvalue weighted by Crippen LogP contribution is 2.30. The van der Waals surface area contributed by atoms with Crippen molar-refractivity contribution < 1.29 is 27.9 Å².